The van der Waals surface area contributed by atoms with Crippen LogP contribution in [0.1, 0.15) is 44.9 Å². The van der Waals surface area contributed by atoms with E-state index in [1.54, 1.807) is 0 Å². The predicted molar refractivity (Wildman–Crippen MR) is 155 cm³/mol. The van der Waals surface area contributed by atoms with E-state index in [9.17, 15) is 19.5 Å². The van der Waals surface area contributed by atoms with Crippen molar-refractivity contribution in [3.8, 4) is 0 Å². The SMILES string of the molecule is CC(=O)[C@H]1[C@@H](C(=O)O)NC[C@@H]1O.CC(C)(C)CN1C(=O)COC(c2cccc3ccccc23)c2cc(Cl)ccc21. The van der Waals surface area contributed by atoms with Crippen LogP contribution in [0.5, 0.6) is 0 Å². The number of aliphatic hydroxyl groups excluding tert-OH is 1. The number of carbonyl (C=O) groups is 3. The number of aliphatic hydroxyl groups is 1. The molecule has 8 nitrogen and oxygen atoms in total. The third-order valence-corrected chi connectivity index (χ3v) is 7.27. The van der Waals surface area contributed by atoms with E-state index < -0.39 is 24.0 Å². The molecular weight excluding hydrogens is 532 g/mol. The summed E-state index contributed by atoms with van der Waals surface area (Å²) in [5.41, 5.74) is 2.82. The number of ether oxygens (including phenoxy) is 1. The lowest BCUT2D eigenvalue weighted by Gasteiger charge is -2.30. The van der Waals surface area contributed by atoms with Crippen molar-refractivity contribution in [1.82, 2.24) is 5.32 Å². The number of hydrogen-bond acceptors (Lipinski definition) is 6. The number of aliphatic carboxylic acids is 1. The third kappa shape index (κ3) is 6.53. The average Bonchev–Trinajstić information content (AvgIpc) is 3.24. The molecule has 0 radical (unpaired) electrons. The van der Waals surface area contributed by atoms with Crippen LogP contribution < -0.4 is 10.2 Å². The van der Waals surface area contributed by atoms with Crippen molar-refractivity contribution in [3.05, 3.63) is 76.8 Å². The van der Waals surface area contributed by atoms with Crippen LogP contribution in [0.4, 0.5) is 5.69 Å². The number of nitrogens with one attached hydrogen (secondary N) is 1. The number of amides is 1. The maximum atomic E-state index is 12.9. The quantitative estimate of drug-likeness (QED) is 0.422. The highest BCUT2D eigenvalue weighted by atomic mass is 35.5. The topological polar surface area (TPSA) is 116 Å². The first-order valence-corrected chi connectivity index (χ1v) is 13.6. The first kappa shape index (κ1) is 29.7. The number of hydrogen-bond donors (Lipinski definition) is 3. The summed E-state index contributed by atoms with van der Waals surface area (Å²) < 4.78 is 6.19. The Hall–Kier alpha value is -3.30. The van der Waals surface area contributed by atoms with Gasteiger partial charge in [-0.1, -0.05) is 74.8 Å². The van der Waals surface area contributed by atoms with Crippen LogP contribution in [-0.2, 0) is 19.1 Å². The average molecular weight is 567 g/mol. The fraction of sp³-hybridized carbons (Fsp3) is 0.387. The van der Waals surface area contributed by atoms with Gasteiger partial charge in [0.15, 0.2) is 0 Å². The van der Waals surface area contributed by atoms with Crippen molar-refractivity contribution in [2.75, 3.05) is 24.6 Å². The summed E-state index contributed by atoms with van der Waals surface area (Å²) in [6, 6.07) is 19.2. The number of carboxylic acids is 1. The van der Waals surface area contributed by atoms with E-state index in [1.165, 1.54) is 6.92 Å². The van der Waals surface area contributed by atoms with Crippen molar-refractivity contribution in [1.29, 1.82) is 0 Å². The van der Waals surface area contributed by atoms with Gasteiger partial charge in [-0.15, -0.1) is 0 Å². The molecule has 2 aliphatic heterocycles. The van der Waals surface area contributed by atoms with Crippen molar-refractivity contribution >= 4 is 45.7 Å². The molecule has 2 heterocycles. The minimum absolute atomic E-state index is 0.0266. The number of carbonyl (C=O) groups excluding carboxylic acids is 2. The van der Waals surface area contributed by atoms with Crippen LogP contribution in [0.25, 0.3) is 10.8 Å². The van der Waals surface area contributed by atoms with Gasteiger partial charge >= 0.3 is 5.97 Å². The number of nitrogens with zero attached hydrogens (tertiary/aromatic N) is 1. The number of fused-ring (bicyclic) bond motifs is 2. The van der Waals surface area contributed by atoms with Gasteiger partial charge < -0.3 is 25.2 Å². The normalized spacial score (nSPS) is 22.8. The minimum Gasteiger partial charge on any atom is -0.480 e. The highest BCUT2D eigenvalue weighted by Gasteiger charge is 2.42. The Kier molecular flexibility index (Phi) is 8.95. The molecule has 0 spiro atoms. The molecule has 1 saturated heterocycles. The van der Waals surface area contributed by atoms with E-state index in [-0.39, 0.29) is 36.4 Å². The fourth-order valence-corrected chi connectivity index (χ4v) is 5.47. The lowest BCUT2D eigenvalue weighted by atomic mass is 9.93. The van der Waals surface area contributed by atoms with E-state index in [0.717, 1.165) is 27.6 Å². The molecule has 9 heteroatoms. The van der Waals surface area contributed by atoms with Gasteiger partial charge in [0.25, 0.3) is 5.91 Å². The number of anilines is 1. The monoisotopic (exact) mass is 566 g/mol. The number of carboxylic acid groups (broad SMARTS) is 1. The minimum atomic E-state index is -1.09. The summed E-state index contributed by atoms with van der Waals surface area (Å²) in [6.07, 6.45) is -1.22. The zero-order valence-corrected chi connectivity index (χ0v) is 23.8. The highest BCUT2D eigenvalue weighted by molar-refractivity contribution is 6.30. The van der Waals surface area contributed by atoms with Crippen LogP contribution in [0, 0.1) is 11.3 Å². The van der Waals surface area contributed by atoms with E-state index in [1.807, 2.05) is 41.3 Å². The molecule has 1 unspecified atom stereocenters. The largest absolute Gasteiger partial charge is 0.480 e. The fourth-order valence-electron chi connectivity index (χ4n) is 5.29. The molecule has 212 valence electrons. The molecule has 1 amide bonds. The van der Waals surface area contributed by atoms with Gasteiger partial charge in [0.2, 0.25) is 0 Å². The lowest BCUT2D eigenvalue weighted by Crippen LogP contribution is -2.39. The molecule has 3 aromatic carbocycles. The third-order valence-electron chi connectivity index (χ3n) is 7.03. The standard InChI is InChI=1S/C24H24ClNO2.C7H11NO4/c1-24(2,3)15-26-21-12-11-17(25)13-20(21)23(28-14-22(26)27)19-10-6-8-16-7-4-5-9-18(16)19;1-3(9)5-4(10)2-8-6(5)7(11)12/h4-13,23H,14-15H2,1-3H3;4-6,8,10H,2H2,1H3,(H,11,12)/t;4-,5+,6-/m.0/s1. The number of β-amino-alcohol motifs (C(OH)–C–C–N with tert-alkyl or cyclic N) is 1. The molecule has 0 aromatic heterocycles. The molecule has 5 rings (SSSR count). The summed E-state index contributed by atoms with van der Waals surface area (Å²) in [7, 11) is 0. The molecule has 4 atom stereocenters. The Morgan fingerprint density at radius 3 is 2.42 bits per heavy atom. The first-order chi connectivity index (χ1) is 18.9. The Balaban J connectivity index is 0.000000259. The van der Waals surface area contributed by atoms with E-state index in [4.69, 9.17) is 21.4 Å². The second kappa shape index (κ2) is 12.1. The van der Waals surface area contributed by atoms with Crippen LogP contribution >= 0.6 is 11.6 Å². The summed E-state index contributed by atoms with van der Waals surface area (Å²) >= 11 is 6.36. The number of rotatable bonds is 4. The Morgan fingerprint density at radius 2 is 1.77 bits per heavy atom. The van der Waals surface area contributed by atoms with Crippen molar-refractivity contribution < 1.29 is 29.3 Å². The lowest BCUT2D eigenvalue weighted by molar-refractivity contribution is -0.143. The molecular formula is C31H35ClN2O6. The van der Waals surface area contributed by atoms with E-state index >= 15 is 0 Å². The van der Waals surface area contributed by atoms with Crippen molar-refractivity contribution in [3.63, 3.8) is 0 Å². The summed E-state index contributed by atoms with van der Waals surface area (Å²) in [4.78, 5) is 36.2. The predicted octanol–water partition coefficient (Wildman–Crippen LogP) is 4.60. The Morgan fingerprint density at radius 1 is 1.07 bits per heavy atom. The van der Waals surface area contributed by atoms with Crippen LogP contribution in [0.2, 0.25) is 5.02 Å². The van der Waals surface area contributed by atoms with Crippen LogP contribution in [0.3, 0.4) is 0 Å². The first-order valence-electron chi connectivity index (χ1n) is 13.2. The van der Waals surface area contributed by atoms with Gasteiger partial charge in [0.05, 0.1) is 12.0 Å². The van der Waals surface area contributed by atoms with Gasteiger partial charge in [0.1, 0.15) is 24.5 Å². The second-order valence-electron chi connectivity index (χ2n) is 11.4. The molecule has 40 heavy (non-hydrogen) atoms. The zero-order valence-electron chi connectivity index (χ0n) is 23.1. The van der Waals surface area contributed by atoms with Gasteiger partial charge in [0, 0.05) is 29.4 Å². The molecule has 0 aliphatic carbocycles. The molecule has 2 aliphatic rings. The summed E-state index contributed by atoms with van der Waals surface area (Å²) in [5, 5.41) is 23.3. The van der Waals surface area contributed by atoms with Gasteiger partial charge in [-0.3, -0.25) is 14.4 Å². The van der Waals surface area contributed by atoms with Gasteiger partial charge in [-0.2, -0.15) is 0 Å². The number of ketones is 1. The van der Waals surface area contributed by atoms with Crippen LogP contribution in [0.15, 0.2) is 60.7 Å². The summed E-state index contributed by atoms with van der Waals surface area (Å²) in [5.74, 6) is -2.21. The Labute approximate surface area is 238 Å². The molecule has 0 saturated carbocycles. The molecule has 3 N–H and O–H groups in total. The highest BCUT2D eigenvalue weighted by Crippen LogP contribution is 2.40. The van der Waals surface area contributed by atoms with Gasteiger partial charge in [-0.25, -0.2) is 0 Å². The number of Topliss-reactive ketones (excluding diaryl/α,β-unsaturated/α-hetero) is 1. The smallest absolute Gasteiger partial charge is 0.321 e. The number of halogens is 1. The molecule has 3 aromatic rings. The maximum absolute atomic E-state index is 12.9. The zero-order chi connectivity index (χ0) is 29.2. The van der Waals surface area contributed by atoms with E-state index in [2.05, 4.69) is 50.4 Å². The molecule has 1 fully saturated rings. The van der Waals surface area contributed by atoms with Gasteiger partial charge in [-0.05, 0) is 46.9 Å². The van der Waals surface area contributed by atoms with E-state index in [0.29, 0.717) is 11.6 Å². The molecule has 0 bridgehead atoms. The van der Waals surface area contributed by atoms with Crippen molar-refractivity contribution in [2.45, 2.75) is 45.9 Å². The van der Waals surface area contributed by atoms with Crippen LogP contribution in [-0.4, -0.2) is 59.7 Å². The second-order valence-corrected chi connectivity index (χ2v) is 11.9. The maximum Gasteiger partial charge on any atom is 0.321 e. The Bertz CT molecular complexity index is 1410. The summed E-state index contributed by atoms with van der Waals surface area (Å²) in [6.45, 7) is 8.50. The van der Waals surface area contributed by atoms with Crippen molar-refractivity contribution in [2.24, 2.45) is 11.3 Å². The number of benzene rings is 3.